The number of benzene rings is 2. The molecule has 0 unspecified atom stereocenters. The third kappa shape index (κ3) is 3.36. The molecule has 0 bridgehead atoms. The number of amides is 1. The fourth-order valence-electron chi connectivity index (χ4n) is 3.19. The molecular formula is C22H19FN4O. The Morgan fingerprint density at radius 2 is 1.89 bits per heavy atom. The molecule has 0 saturated heterocycles. The molecule has 0 aliphatic heterocycles. The SMILES string of the molecule is Cc1ccc(C(=O)NCc2ccc(F)cc2)cc1-n1c(C)nc2cccnc21. The molecule has 5 nitrogen and oxygen atoms in total. The molecule has 0 spiro atoms. The topological polar surface area (TPSA) is 59.8 Å². The monoisotopic (exact) mass is 374 g/mol. The first-order chi connectivity index (χ1) is 13.5. The van der Waals surface area contributed by atoms with E-state index in [9.17, 15) is 9.18 Å². The molecule has 0 radical (unpaired) electrons. The number of nitrogens with zero attached hydrogens (tertiary/aromatic N) is 3. The molecule has 1 amide bonds. The number of halogens is 1. The summed E-state index contributed by atoms with van der Waals surface area (Å²) in [6, 6.07) is 15.4. The van der Waals surface area contributed by atoms with Gasteiger partial charge < -0.3 is 5.32 Å². The van der Waals surface area contributed by atoms with Gasteiger partial charge in [-0.2, -0.15) is 0 Å². The number of imidazole rings is 1. The highest BCUT2D eigenvalue weighted by Crippen LogP contribution is 2.23. The average molecular weight is 374 g/mol. The Kier molecular flexibility index (Phi) is 4.61. The van der Waals surface area contributed by atoms with Gasteiger partial charge in [-0.25, -0.2) is 14.4 Å². The summed E-state index contributed by atoms with van der Waals surface area (Å²) in [5, 5.41) is 2.88. The molecule has 2 heterocycles. The minimum absolute atomic E-state index is 0.194. The Bertz CT molecular complexity index is 1170. The lowest BCUT2D eigenvalue weighted by Gasteiger charge is -2.12. The van der Waals surface area contributed by atoms with Crippen LogP contribution in [-0.2, 0) is 6.54 Å². The number of hydrogen-bond donors (Lipinski definition) is 1. The fraction of sp³-hybridized carbons (Fsp3) is 0.136. The number of hydrogen-bond acceptors (Lipinski definition) is 3. The van der Waals surface area contributed by atoms with Gasteiger partial charge in [-0.1, -0.05) is 18.2 Å². The summed E-state index contributed by atoms with van der Waals surface area (Å²) in [5.74, 6) is 0.316. The van der Waals surface area contributed by atoms with Crippen LogP contribution in [0, 0.1) is 19.7 Å². The Labute approximate surface area is 161 Å². The van der Waals surface area contributed by atoms with Crippen molar-refractivity contribution >= 4 is 17.1 Å². The van der Waals surface area contributed by atoms with Gasteiger partial charge in [0.15, 0.2) is 5.65 Å². The first-order valence-electron chi connectivity index (χ1n) is 8.96. The van der Waals surface area contributed by atoms with Crippen molar-refractivity contribution in [2.75, 3.05) is 0 Å². The van der Waals surface area contributed by atoms with Crippen LogP contribution in [0.3, 0.4) is 0 Å². The molecule has 4 aromatic rings. The number of carbonyl (C=O) groups excluding carboxylic acids is 1. The molecule has 0 saturated carbocycles. The molecule has 0 aliphatic rings. The summed E-state index contributed by atoms with van der Waals surface area (Å²) in [6.45, 7) is 4.24. The van der Waals surface area contributed by atoms with Gasteiger partial charge in [0.1, 0.15) is 17.2 Å². The van der Waals surface area contributed by atoms with Crippen molar-refractivity contribution in [3.63, 3.8) is 0 Å². The highest BCUT2D eigenvalue weighted by molar-refractivity contribution is 5.95. The molecule has 2 aromatic carbocycles. The molecule has 28 heavy (non-hydrogen) atoms. The second kappa shape index (κ2) is 7.23. The van der Waals surface area contributed by atoms with E-state index in [1.165, 1.54) is 12.1 Å². The van der Waals surface area contributed by atoms with Crippen LogP contribution in [0.4, 0.5) is 4.39 Å². The summed E-state index contributed by atoms with van der Waals surface area (Å²) >= 11 is 0. The van der Waals surface area contributed by atoms with Crippen LogP contribution >= 0.6 is 0 Å². The first kappa shape index (κ1) is 17.9. The van der Waals surface area contributed by atoms with Crippen molar-refractivity contribution in [3.8, 4) is 5.69 Å². The second-order valence-electron chi connectivity index (χ2n) is 6.65. The maximum atomic E-state index is 13.0. The maximum Gasteiger partial charge on any atom is 0.251 e. The van der Waals surface area contributed by atoms with Crippen molar-refractivity contribution in [2.24, 2.45) is 0 Å². The van der Waals surface area contributed by atoms with E-state index in [1.807, 2.05) is 42.7 Å². The van der Waals surface area contributed by atoms with Gasteiger partial charge in [-0.05, 0) is 61.4 Å². The Hall–Kier alpha value is -3.54. The van der Waals surface area contributed by atoms with Gasteiger partial charge in [-0.3, -0.25) is 9.36 Å². The summed E-state index contributed by atoms with van der Waals surface area (Å²) < 4.78 is 15.0. The van der Waals surface area contributed by atoms with Gasteiger partial charge in [-0.15, -0.1) is 0 Å². The highest BCUT2D eigenvalue weighted by Gasteiger charge is 2.14. The molecule has 0 aliphatic carbocycles. The van der Waals surface area contributed by atoms with Crippen LogP contribution in [0.2, 0.25) is 0 Å². The van der Waals surface area contributed by atoms with Gasteiger partial charge in [0, 0.05) is 18.3 Å². The summed E-state index contributed by atoms with van der Waals surface area (Å²) in [4.78, 5) is 21.6. The zero-order valence-corrected chi connectivity index (χ0v) is 15.6. The van der Waals surface area contributed by atoms with Gasteiger partial charge in [0.05, 0.1) is 5.69 Å². The molecule has 1 N–H and O–H groups in total. The fourth-order valence-corrected chi connectivity index (χ4v) is 3.19. The number of nitrogens with one attached hydrogen (secondary N) is 1. The van der Waals surface area contributed by atoms with Gasteiger partial charge in [0.2, 0.25) is 0 Å². The van der Waals surface area contributed by atoms with E-state index in [-0.39, 0.29) is 11.7 Å². The molecule has 0 atom stereocenters. The minimum atomic E-state index is -0.296. The largest absolute Gasteiger partial charge is 0.348 e. The average Bonchev–Trinajstić information content (AvgIpc) is 3.03. The third-order valence-electron chi connectivity index (χ3n) is 4.66. The lowest BCUT2D eigenvalue weighted by Crippen LogP contribution is -2.23. The Balaban J connectivity index is 1.64. The lowest BCUT2D eigenvalue weighted by atomic mass is 10.1. The number of fused-ring (bicyclic) bond motifs is 1. The minimum Gasteiger partial charge on any atom is -0.348 e. The summed E-state index contributed by atoms with van der Waals surface area (Å²) in [7, 11) is 0. The van der Waals surface area contributed by atoms with Crippen LogP contribution in [-0.4, -0.2) is 20.4 Å². The molecule has 4 rings (SSSR count). The van der Waals surface area contributed by atoms with Crippen LogP contribution in [0.15, 0.2) is 60.8 Å². The van der Waals surface area contributed by atoms with E-state index in [2.05, 4.69) is 15.3 Å². The molecular weight excluding hydrogens is 355 g/mol. The van der Waals surface area contributed by atoms with E-state index < -0.39 is 0 Å². The van der Waals surface area contributed by atoms with Crippen LogP contribution in [0.1, 0.15) is 27.3 Å². The Morgan fingerprint density at radius 3 is 2.68 bits per heavy atom. The zero-order valence-electron chi connectivity index (χ0n) is 15.6. The zero-order chi connectivity index (χ0) is 19.7. The van der Waals surface area contributed by atoms with E-state index in [0.29, 0.717) is 12.1 Å². The normalized spacial score (nSPS) is 11.0. The molecule has 140 valence electrons. The van der Waals surface area contributed by atoms with Crippen LogP contribution in [0.5, 0.6) is 0 Å². The standard InChI is InChI=1S/C22H19FN4O/c1-14-5-8-17(22(28)25-13-16-6-9-18(23)10-7-16)12-20(14)27-15(2)26-19-4-3-11-24-21(19)27/h3-12H,13H2,1-2H3,(H,25,28). The number of rotatable bonds is 4. The summed E-state index contributed by atoms with van der Waals surface area (Å²) in [5.41, 5.74) is 4.83. The first-order valence-corrected chi connectivity index (χ1v) is 8.96. The smallest absolute Gasteiger partial charge is 0.251 e. The van der Waals surface area contributed by atoms with Crippen molar-refractivity contribution in [1.29, 1.82) is 0 Å². The number of aromatic nitrogens is 3. The number of pyridine rings is 1. The van der Waals surface area contributed by atoms with Gasteiger partial charge >= 0.3 is 0 Å². The predicted octanol–water partition coefficient (Wildman–Crippen LogP) is 4.11. The molecule has 6 heteroatoms. The summed E-state index contributed by atoms with van der Waals surface area (Å²) in [6.07, 6.45) is 1.73. The number of aryl methyl sites for hydroxylation is 2. The van der Waals surface area contributed by atoms with Crippen molar-refractivity contribution in [3.05, 3.63) is 89.1 Å². The molecule has 2 aromatic heterocycles. The third-order valence-corrected chi connectivity index (χ3v) is 4.66. The van der Waals surface area contributed by atoms with Gasteiger partial charge in [0.25, 0.3) is 5.91 Å². The van der Waals surface area contributed by atoms with Crippen molar-refractivity contribution in [1.82, 2.24) is 19.9 Å². The second-order valence-corrected chi connectivity index (χ2v) is 6.65. The quantitative estimate of drug-likeness (QED) is 0.585. The van der Waals surface area contributed by atoms with Crippen LogP contribution in [0.25, 0.3) is 16.9 Å². The molecule has 0 fully saturated rings. The van der Waals surface area contributed by atoms with Crippen molar-refractivity contribution < 1.29 is 9.18 Å². The van der Waals surface area contributed by atoms with E-state index in [0.717, 1.165) is 33.8 Å². The lowest BCUT2D eigenvalue weighted by molar-refractivity contribution is 0.0951. The van der Waals surface area contributed by atoms with Crippen molar-refractivity contribution in [2.45, 2.75) is 20.4 Å². The Morgan fingerprint density at radius 1 is 1.11 bits per heavy atom. The van der Waals surface area contributed by atoms with Crippen LogP contribution < -0.4 is 5.32 Å². The highest BCUT2D eigenvalue weighted by atomic mass is 19.1. The number of carbonyl (C=O) groups is 1. The van der Waals surface area contributed by atoms with E-state index in [4.69, 9.17) is 0 Å². The van der Waals surface area contributed by atoms with E-state index in [1.54, 1.807) is 24.4 Å². The predicted molar refractivity (Wildman–Crippen MR) is 106 cm³/mol. The maximum absolute atomic E-state index is 13.0. The van der Waals surface area contributed by atoms with E-state index >= 15 is 0 Å².